The highest BCUT2D eigenvalue weighted by atomic mass is 16.5. The number of para-hydroxylation sites is 1. The summed E-state index contributed by atoms with van der Waals surface area (Å²) < 4.78 is 7.12. The third kappa shape index (κ3) is 4.32. The molecule has 26 heavy (non-hydrogen) atoms. The Hall–Kier alpha value is -3.48. The Kier molecular flexibility index (Phi) is 5.38. The van der Waals surface area contributed by atoms with Gasteiger partial charge in [-0.2, -0.15) is 0 Å². The molecule has 0 fully saturated rings. The summed E-state index contributed by atoms with van der Waals surface area (Å²) in [5, 5.41) is 2.77. The van der Waals surface area contributed by atoms with E-state index in [1.54, 1.807) is 18.3 Å². The second kappa shape index (κ2) is 8.06. The smallest absolute Gasteiger partial charge is 0.347 e. The van der Waals surface area contributed by atoms with Gasteiger partial charge in [0, 0.05) is 30.7 Å². The summed E-state index contributed by atoms with van der Waals surface area (Å²) in [7, 11) is 0. The molecule has 7 heteroatoms. The first kappa shape index (κ1) is 17.3. The molecule has 1 amide bonds. The van der Waals surface area contributed by atoms with Crippen molar-refractivity contribution in [2.45, 2.75) is 20.0 Å². The molecule has 132 valence electrons. The minimum Gasteiger partial charge on any atom is -0.438 e. The molecule has 1 N–H and O–H groups in total. The molecule has 0 aliphatic carbocycles. The van der Waals surface area contributed by atoms with E-state index >= 15 is 0 Å². The highest BCUT2D eigenvalue weighted by molar-refractivity contribution is 5.75. The van der Waals surface area contributed by atoms with Crippen LogP contribution in [0.4, 0.5) is 0 Å². The standard InChI is InChI=1S/C19H18N4O3/c1-14-6-2-3-8-16(14)26-18-15(7-4-9-20-18)12-22-17(24)13-23-11-5-10-21-19(23)25/h2-11H,12-13H2,1H3,(H,22,24). The number of benzene rings is 1. The Balaban J connectivity index is 1.67. The molecule has 1 aromatic carbocycles. The predicted molar refractivity (Wildman–Crippen MR) is 95.8 cm³/mol. The minimum atomic E-state index is -0.465. The number of ether oxygens (including phenoxy) is 1. The maximum Gasteiger partial charge on any atom is 0.347 e. The molecular weight excluding hydrogens is 332 g/mol. The molecule has 0 atom stereocenters. The van der Waals surface area contributed by atoms with Gasteiger partial charge in [-0.15, -0.1) is 0 Å². The lowest BCUT2D eigenvalue weighted by atomic mass is 10.2. The Labute approximate surface area is 150 Å². The van der Waals surface area contributed by atoms with Crippen molar-refractivity contribution >= 4 is 5.91 Å². The van der Waals surface area contributed by atoms with Crippen molar-refractivity contribution in [1.82, 2.24) is 19.9 Å². The molecule has 7 nitrogen and oxygen atoms in total. The topological polar surface area (TPSA) is 86.1 Å². The number of aromatic nitrogens is 3. The summed E-state index contributed by atoms with van der Waals surface area (Å²) in [5.41, 5.74) is 1.26. The van der Waals surface area contributed by atoms with Gasteiger partial charge in [0.15, 0.2) is 0 Å². The first-order chi connectivity index (χ1) is 12.6. The van der Waals surface area contributed by atoms with Crippen molar-refractivity contribution in [2.75, 3.05) is 0 Å². The molecule has 0 spiro atoms. The van der Waals surface area contributed by atoms with Crippen molar-refractivity contribution in [3.05, 3.63) is 82.7 Å². The van der Waals surface area contributed by atoms with Gasteiger partial charge in [-0.1, -0.05) is 24.3 Å². The summed E-state index contributed by atoms with van der Waals surface area (Å²) in [6, 6.07) is 12.8. The number of aryl methyl sites for hydroxylation is 1. The number of hydrogen-bond donors (Lipinski definition) is 1. The normalized spacial score (nSPS) is 10.3. The van der Waals surface area contributed by atoms with E-state index in [1.807, 2.05) is 37.3 Å². The van der Waals surface area contributed by atoms with E-state index in [2.05, 4.69) is 15.3 Å². The van der Waals surface area contributed by atoms with E-state index in [-0.39, 0.29) is 19.0 Å². The van der Waals surface area contributed by atoms with E-state index in [0.29, 0.717) is 11.6 Å². The largest absolute Gasteiger partial charge is 0.438 e. The lowest BCUT2D eigenvalue weighted by Crippen LogP contribution is -2.32. The van der Waals surface area contributed by atoms with Crippen LogP contribution in [0.25, 0.3) is 0 Å². The van der Waals surface area contributed by atoms with Gasteiger partial charge in [-0.25, -0.2) is 14.8 Å². The number of carbonyl (C=O) groups excluding carboxylic acids is 1. The summed E-state index contributed by atoms with van der Waals surface area (Å²) >= 11 is 0. The number of nitrogens with zero attached hydrogens (tertiary/aromatic N) is 3. The second-order valence-electron chi connectivity index (χ2n) is 5.64. The van der Waals surface area contributed by atoms with Gasteiger partial charge in [0.25, 0.3) is 0 Å². The van der Waals surface area contributed by atoms with Crippen LogP contribution in [0.5, 0.6) is 11.6 Å². The van der Waals surface area contributed by atoms with Crippen LogP contribution in [0.1, 0.15) is 11.1 Å². The molecule has 2 aromatic heterocycles. The molecule has 3 aromatic rings. The highest BCUT2D eigenvalue weighted by Crippen LogP contribution is 2.25. The van der Waals surface area contributed by atoms with E-state index in [1.165, 1.54) is 17.0 Å². The van der Waals surface area contributed by atoms with Gasteiger partial charge in [0.2, 0.25) is 11.8 Å². The van der Waals surface area contributed by atoms with Crippen LogP contribution in [0, 0.1) is 6.92 Å². The molecular formula is C19H18N4O3. The lowest BCUT2D eigenvalue weighted by Gasteiger charge is -2.12. The monoisotopic (exact) mass is 350 g/mol. The quantitative estimate of drug-likeness (QED) is 0.735. The highest BCUT2D eigenvalue weighted by Gasteiger charge is 2.10. The van der Waals surface area contributed by atoms with Crippen LogP contribution in [-0.2, 0) is 17.9 Å². The maximum atomic E-state index is 12.1. The van der Waals surface area contributed by atoms with E-state index in [4.69, 9.17) is 4.74 Å². The molecule has 0 saturated carbocycles. The van der Waals surface area contributed by atoms with Gasteiger partial charge in [0.05, 0.1) is 0 Å². The number of amides is 1. The Morgan fingerprint density at radius 2 is 1.92 bits per heavy atom. The Morgan fingerprint density at radius 3 is 2.73 bits per heavy atom. The van der Waals surface area contributed by atoms with Gasteiger partial charge >= 0.3 is 5.69 Å². The van der Waals surface area contributed by atoms with Crippen molar-refractivity contribution in [3.63, 3.8) is 0 Å². The zero-order chi connectivity index (χ0) is 18.4. The van der Waals surface area contributed by atoms with Gasteiger partial charge in [0.1, 0.15) is 12.3 Å². The van der Waals surface area contributed by atoms with Crippen LogP contribution < -0.4 is 15.7 Å². The van der Waals surface area contributed by atoms with Crippen molar-refractivity contribution in [1.29, 1.82) is 0 Å². The fourth-order valence-electron chi connectivity index (χ4n) is 2.34. The summed E-state index contributed by atoms with van der Waals surface area (Å²) in [4.78, 5) is 31.5. The first-order valence-electron chi connectivity index (χ1n) is 8.09. The van der Waals surface area contributed by atoms with Crippen LogP contribution in [-0.4, -0.2) is 20.4 Å². The molecule has 2 heterocycles. The molecule has 0 bridgehead atoms. The van der Waals surface area contributed by atoms with E-state index in [0.717, 1.165) is 11.1 Å². The molecule has 0 aliphatic heterocycles. The lowest BCUT2D eigenvalue weighted by molar-refractivity contribution is -0.121. The average molecular weight is 350 g/mol. The van der Waals surface area contributed by atoms with Crippen molar-refractivity contribution < 1.29 is 9.53 Å². The first-order valence-corrected chi connectivity index (χ1v) is 8.09. The van der Waals surface area contributed by atoms with Crippen LogP contribution >= 0.6 is 0 Å². The Morgan fingerprint density at radius 1 is 1.12 bits per heavy atom. The van der Waals surface area contributed by atoms with E-state index in [9.17, 15) is 9.59 Å². The Bertz CT molecular complexity index is 969. The predicted octanol–water partition coefficient (Wildman–Crippen LogP) is 2.06. The molecule has 3 rings (SSSR count). The van der Waals surface area contributed by atoms with Crippen LogP contribution in [0.2, 0.25) is 0 Å². The maximum absolute atomic E-state index is 12.1. The average Bonchev–Trinajstić information content (AvgIpc) is 2.65. The number of pyridine rings is 1. The number of hydrogen-bond acceptors (Lipinski definition) is 5. The third-order valence-electron chi connectivity index (χ3n) is 3.72. The minimum absolute atomic E-state index is 0.0963. The number of nitrogens with one attached hydrogen (secondary N) is 1. The van der Waals surface area contributed by atoms with Crippen molar-refractivity contribution in [3.8, 4) is 11.6 Å². The summed E-state index contributed by atoms with van der Waals surface area (Å²) in [6.45, 7) is 2.09. The van der Waals surface area contributed by atoms with Gasteiger partial charge in [-0.3, -0.25) is 9.36 Å². The second-order valence-corrected chi connectivity index (χ2v) is 5.64. The zero-order valence-electron chi connectivity index (χ0n) is 14.3. The number of rotatable bonds is 6. The van der Waals surface area contributed by atoms with Gasteiger partial charge < -0.3 is 10.1 Å². The molecule has 0 radical (unpaired) electrons. The van der Waals surface area contributed by atoms with E-state index < -0.39 is 5.69 Å². The molecule has 0 saturated heterocycles. The van der Waals surface area contributed by atoms with Crippen molar-refractivity contribution in [2.24, 2.45) is 0 Å². The van der Waals surface area contributed by atoms with Gasteiger partial charge in [-0.05, 0) is 30.7 Å². The summed E-state index contributed by atoms with van der Waals surface area (Å²) in [6.07, 6.45) is 4.54. The fraction of sp³-hybridized carbons (Fsp3) is 0.158. The number of carbonyl (C=O) groups is 1. The fourth-order valence-corrected chi connectivity index (χ4v) is 2.34. The molecule has 0 unspecified atom stereocenters. The SMILES string of the molecule is Cc1ccccc1Oc1ncccc1CNC(=O)Cn1cccnc1=O. The van der Waals surface area contributed by atoms with Crippen LogP contribution in [0.15, 0.2) is 65.8 Å². The summed E-state index contributed by atoms with van der Waals surface area (Å²) in [5.74, 6) is 0.840. The molecule has 0 aliphatic rings. The van der Waals surface area contributed by atoms with Crippen LogP contribution in [0.3, 0.4) is 0 Å². The zero-order valence-corrected chi connectivity index (χ0v) is 14.3. The third-order valence-corrected chi connectivity index (χ3v) is 3.72.